The number of nitrogens with zero attached hydrogens (tertiary/aromatic N) is 1. The number of anilines is 1. The fourth-order valence-corrected chi connectivity index (χ4v) is 1.48. The maximum atomic E-state index is 11.0. The quantitative estimate of drug-likeness (QED) is 0.640. The average Bonchev–Trinajstić information content (AvgIpc) is 2.38. The first kappa shape index (κ1) is 13.0. The zero-order valence-corrected chi connectivity index (χ0v) is 10.2. The van der Waals surface area contributed by atoms with Crippen LogP contribution in [-0.2, 0) is 11.3 Å². The second kappa shape index (κ2) is 6.50. The van der Waals surface area contributed by atoms with Gasteiger partial charge in [0.25, 0.3) is 0 Å². The topological polar surface area (TPSA) is 99.9 Å². The van der Waals surface area contributed by atoms with Gasteiger partial charge in [0.2, 0.25) is 5.95 Å². The normalized spacial score (nSPS) is 10.3. The van der Waals surface area contributed by atoms with Crippen LogP contribution in [-0.4, -0.2) is 28.1 Å². The molecule has 0 aliphatic heterocycles. The summed E-state index contributed by atoms with van der Waals surface area (Å²) in [4.78, 5) is 29.8. The van der Waals surface area contributed by atoms with Crippen LogP contribution in [0.5, 0.6) is 0 Å². The Labute approximate surface area is 108 Å². The molecule has 7 heteroatoms. The Morgan fingerprint density at radius 1 is 1.16 bits per heavy atom. The first-order valence-corrected chi connectivity index (χ1v) is 5.80. The maximum Gasteiger partial charge on any atom is 0.352 e. The SMILES string of the molecule is O=c1nc(NCCOCc2ccccc2)[nH]c(=O)[nH]1. The Morgan fingerprint density at radius 3 is 2.68 bits per heavy atom. The van der Waals surface area contributed by atoms with Crippen molar-refractivity contribution in [2.75, 3.05) is 18.5 Å². The molecule has 0 saturated carbocycles. The highest BCUT2D eigenvalue weighted by molar-refractivity contribution is 5.20. The molecule has 0 unspecified atom stereocenters. The number of hydrogen-bond donors (Lipinski definition) is 3. The third-order valence-corrected chi connectivity index (χ3v) is 2.32. The van der Waals surface area contributed by atoms with Gasteiger partial charge in [-0.05, 0) is 5.56 Å². The number of benzene rings is 1. The van der Waals surface area contributed by atoms with Crippen molar-refractivity contribution in [1.29, 1.82) is 0 Å². The Balaban J connectivity index is 1.72. The van der Waals surface area contributed by atoms with Crippen LogP contribution < -0.4 is 16.7 Å². The first-order valence-electron chi connectivity index (χ1n) is 5.80. The first-order chi connectivity index (χ1) is 9.24. The van der Waals surface area contributed by atoms with Crippen molar-refractivity contribution in [3.63, 3.8) is 0 Å². The van der Waals surface area contributed by atoms with Crippen LogP contribution in [0.2, 0.25) is 0 Å². The molecule has 2 rings (SSSR count). The van der Waals surface area contributed by atoms with Gasteiger partial charge in [-0.25, -0.2) is 9.59 Å². The molecule has 0 radical (unpaired) electrons. The molecule has 100 valence electrons. The van der Waals surface area contributed by atoms with E-state index in [9.17, 15) is 9.59 Å². The summed E-state index contributed by atoms with van der Waals surface area (Å²) in [5.41, 5.74) is -0.186. The lowest BCUT2D eigenvalue weighted by atomic mass is 10.2. The molecule has 2 aromatic rings. The smallest absolute Gasteiger partial charge is 0.352 e. The van der Waals surface area contributed by atoms with Crippen LogP contribution in [0.15, 0.2) is 39.9 Å². The second-order valence-corrected chi connectivity index (χ2v) is 3.81. The number of H-pyrrole nitrogens is 2. The summed E-state index contributed by atoms with van der Waals surface area (Å²) >= 11 is 0. The fourth-order valence-electron chi connectivity index (χ4n) is 1.48. The summed E-state index contributed by atoms with van der Waals surface area (Å²) in [6, 6.07) is 9.79. The van der Waals surface area contributed by atoms with Crippen molar-refractivity contribution in [1.82, 2.24) is 15.0 Å². The number of rotatable bonds is 6. The van der Waals surface area contributed by atoms with Crippen LogP contribution in [0.3, 0.4) is 0 Å². The lowest BCUT2D eigenvalue weighted by Crippen LogP contribution is -2.27. The zero-order valence-electron chi connectivity index (χ0n) is 10.2. The Hall–Kier alpha value is -2.41. The van der Waals surface area contributed by atoms with Gasteiger partial charge in [-0.2, -0.15) is 4.98 Å². The predicted molar refractivity (Wildman–Crippen MR) is 70.1 cm³/mol. The van der Waals surface area contributed by atoms with Gasteiger partial charge in [-0.15, -0.1) is 0 Å². The monoisotopic (exact) mass is 262 g/mol. The molecule has 19 heavy (non-hydrogen) atoms. The number of ether oxygens (including phenoxy) is 1. The van der Waals surface area contributed by atoms with Gasteiger partial charge in [-0.3, -0.25) is 9.97 Å². The molecule has 0 bridgehead atoms. The third kappa shape index (κ3) is 4.40. The molecule has 7 nitrogen and oxygen atoms in total. The predicted octanol–water partition coefficient (Wildman–Crippen LogP) is 0.0869. The van der Waals surface area contributed by atoms with Gasteiger partial charge < -0.3 is 10.1 Å². The van der Waals surface area contributed by atoms with E-state index in [0.29, 0.717) is 19.8 Å². The van der Waals surface area contributed by atoms with Gasteiger partial charge in [-0.1, -0.05) is 30.3 Å². The molecule has 0 amide bonds. The summed E-state index contributed by atoms with van der Waals surface area (Å²) in [5.74, 6) is 0.136. The van der Waals surface area contributed by atoms with Crippen LogP contribution in [0.1, 0.15) is 5.56 Å². The minimum absolute atomic E-state index is 0.136. The van der Waals surface area contributed by atoms with Crippen LogP contribution in [0, 0.1) is 0 Å². The van der Waals surface area contributed by atoms with E-state index in [1.165, 1.54) is 0 Å². The Morgan fingerprint density at radius 2 is 1.95 bits per heavy atom. The van der Waals surface area contributed by atoms with Crippen molar-refractivity contribution in [3.05, 3.63) is 56.9 Å². The van der Waals surface area contributed by atoms with Gasteiger partial charge in [0, 0.05) is 6.54 Å². The number of hydrogen-bond acceptors (Lipinski definition) is 5. The second-order valence-electron chi connectivity index (χ2n) is 3.81. The summed E-state index contributed by atoms with van der Waals surface area (Å²) in [7, 11) is 0. The van der Waals surface area contributed by atoms with E-state index in [2.05, 4.69) is 15.3 Å². The largest absolute Gasteiger partial charge is 0.375 e. The molecule has 0 fully saturated rings. The minimum atomic E-state index is -0.684. The van der Waals surface area contributed by atoms with Crippen LogP contribution in [0.4, 0.5) is 5.95 Å². The molecule has 0 atom stereocenters. The third-order valence-electron chi connectivity index (χ3n) is 2.32. The molecular formula is C12H14N4O3. The summed E-state index contributed by atoms with van der Waals surface area (Å²) in [6.45, 7) is 1.40. The standard InChI is InChI=1S/C12H14N4O3/c17-11-14-10(15-12(18)16-11)13-6-7-19-8-9-4-2-1-3-5-9/h1-5H,6-8H2,(H3,13,14,15,16,17,18). The lowest BCUT2D eigenvalue weighted by Gasteiger charge is -2.06. The van der Waals surface area contributed by atoms with Crippen molar-refractivity contribution >= 4 is 5.95 Å². The number of aromatic nitrogens is 3. The zero-order chi connectivity index (χ0) is 13.5. The summed E-state index contributed by atoms with van der Waals surface area (Å²) in [6.07, 6.45) is 0. The average molecular weight is 262 g/mol. The molecule has 0 aliphatic rings. The highest BCUT2D eigenvalue weighted by Gasteiger charge is 1.97. The molecule has 0 aliphatic carbocycles. The summed E-state index contributed by atoms with van der Waals surface area (Å²) < 4.78 is 5.43. The van der Waals surface area contributed by atoms with Crippen molar-refractivity contribution in [2.24, 2.45) is 0 Å². The van der Waals surface area contributed by atoms with Crippen LogP contribution in [0.25, 0.3) is 0 Å². The van der Waals surface area contributed by atoms with E-state index in [1.807, 2.05) is 35.3 Å². The molecule has 3 N–H and O–H groups in total. The Bertz CT molecular complexity index is 592. The van der Waals surface area contributed by atoms with Gasteiger partial charge in [0.15, 0.2) is 0 Å². The van der Waals surface area contributed by atoms with E-state index < -0.39 is 11.4 Å². The molecule has 1 aromatic carbocycles. The minimum Gasteiger partial charge on any atom is -0.375 e. The van der Waals surface area contributed by atoms with Gasteiger partial charge >= 0.3 is 11.4 Å². The maximum absolute atomic E-state index is 11.0. The van der Waals surface area contributed by atoms with Crippen molar-refractivity contribution in [2.45, 2.75) is 6.61 Å². The van der Waals surface area contributed by atoms with E-state index >= 15 is 0 Å². The Kier molecular flexibility index (Phi) is 4.46. The van der Waals surface area contributed by atoms with E-state index in [1.54, 1.807) is 0 Å². The van der Waals surface area contributed by atoms with Gasteiger partial charge in [0.05, 0.1) is 13.2 Å². The highest BCUT2D eigenvalue weighted by atomic mass is 16.5. The summed E-state index contributed by atoms with van der Waals surface area (Å²) in [5, 5.41) is 2.80. The van der Waals surface area contributed by atoms with E-state index in [4.69, 9.17) is 4.74 Å². The van der Waals surface area contributed by atoms with Crippen molar-refractivity contribution in [3.8, 4) is 0 Å². The van der Waals surface area contributed by atoms with Crippen LogP contribution >= 0.6 is 0 Å². The molecule has 0 spiro atoms. The lowest BCUT2D eigenvalue weighted by molar-refractivity contribution is 0.130. The van der Waals surface area contributed by atoms with Crippen molar-refractivity contribution < 1.29 is 4.74 Å². The van der Waals surface area contributed by atoms with E-state index in [0.717, 1.165) is 5.56 Å². The molecule has 1 aromatic heterocycles. The fraction of sp³-hybridized carbons (Fsp3) is 0.250. The van der Waals surface area contributed by atoms with E-state index in [-0.39, 0.29) is 5.95 Å². The highest BCUT2D eigenvalue weighted by Crippen LogP contribution is 1.99. The molecular weight excluding hydrogens is 248 g/mol. The molecule has 1 heterocycles. The number of nitrogens with one attached hydrogen (secondary N) is 3. The van der Waals surface area contributed by atoms with Gasteiger partial charge in [0.1, 0.15) is 0 Å². The number of aromatic amines is 2. The molecule has 0 saturated heterocycles.